The van der Waals surface area contributed by atoms with E-state index >= 15 is 0 Å². The number of fused-ring (bicyclic) bond motifs is 3. The number of allylic oxidation sites excluding steroid dienone is 2. The molecule has 26 heavy (non-hydrogen) atoms. The van der Waals surface area contributed by atoms with Crippen molar-refractivity contribution < 1.29 is 29.3 Å². The fraction of sp³-hybridized carbons (Fsp3) is 0.600. The van der Waals surface area contributed by atoms with Crippen LogP contribution in [0.5, 0.6) is 0 Å². The van der Waals surface area contributed by atoms with Gasteiger partial charge in [-0.3, -0.25) is 4.79 Å². The maximum Gasteiger partial charge on any atom is 0.334 e. The second-order valence-electron chi connectivity index (χ2n) is 8.22. The van der Waals surface area contributed by atoms with Crippen LogP contribution in [0.25, 0.3) is 0 Å². The molecule has 0 bridgehead atoms. The zero-order chi connectivity index (χ0) is 18.3. The molecule has 0 aromatic heterocycles. The maximum atomic E-state index is 13.2. The summed E-state index contributed by atoms with van der Waals surface area (Å²) in [6, 6.07) is 0. The van der Waals surface area contributed by atoms with Gasteiger partial charge in [-0.25, -0.2) is 4.79 Å². The third-order valence-corrected chi connectivity index (χ3v) is 7.18. The van der Waals surface area contributed by atoms with Gasteiger partial charge in [0.25, 0.3) is 0 Å². The number of Topliss-reactive ketones (excluding diaryl/α,β-unsaturated/α-hetero) is 1. The Morgan fingerprint density at radius 2 is 2.04 bits per heavy atom. The first-order valence-corrected chi connectivity index (χ1v) is 9.23. The van der Waals surface area contributed by atoms with E-state index in [1.807, 2.05) is 6.08 Å². The molecule has 6 heteroatoms. The molecule has 1 spiro atoms. The summed E-state index contributed by atoms with van der Waals surface area (Å²) >= 11 is 0. The van der Waals surface area contributed by atoms with Gasteiger partial charge in [0.15, 0.2) is 11.4 Å². The molecule has 0 aromatic carbocycles. The molecular formula is C20H22O6. The highest BCUT2D eigenvalue weighted by Crippen LogP contribution is 2.67. The van der Waals surface area contributed by atoms with Crippen LogP contribution in [0.15, 0.2) is 34.4 Å². The largest absolute Gasteiger partial charge is 0.458 e. The van der Waals surface area contributed by atoms with Gasteiger partial charge in [0.05, 0.1) is 13.2 Å². The van der Waals surface area contributed by atoms with Crippen molar-refractivity contribution in [3.05, 3.63) is 34.4 Å². The van der Waals surface area contributed by atoms with E-state index in [0.29, 0.717) is 25.0 Å². The van der Waals surface area contributed by atoms with Crippen molar-refractivity contribution in [1.82, 2.24) is 0 Å². The molecule has 0 radical (unpaired) electrons. The molecule has 1 saturated carbocycles. The average molecular weight is 358 g/mol. The van der Waals surface area contributed by atoms with Crippen molar-refractivity contribution >= 4 is 11.8 Å². The Morgan fingerprint density at radius 1 is 1.27 bits per heavy atom. The number of aliphatic hydroxyl groups is 2. The fourth-order valence-electron chi connectivity index (χ4n) is 5.65. The molecule has 2 heterocycles. The molecule has 4 atom stereocenters. The van der Waals surface area contributed by atoms with E-state index in [0.717, 1.165) is 23.1 Å². The van der Waals surface area contributed by atoms with E-state index in [-0.39, 0.29) is 42.4 Å². The molecule has 0 unspecified atom stereocenters. The molecule has 6 nitrogen and oxygen atoms in total. The monoisotopic (exact) mass is 358 g/mol. The predicted octanol–water partition coefficient (Wildman–Crippen LogP) is 0.834. The first kappa shape index (κ1) is 16.4. The van der Waals surface area contributed by atoms with Crippen LogP contribution in [-0.4, -0.2) is 53.5 Å². The lowest BCUT2D eigenvalue weighted by Gasteiger charge is -2.48. The van der Waals surface area contributed by atoms with Crippen molar-refractivity contribution in [3.63, 3.8) is 0 Å². The summed E-state index contributed by atoms with van der Waals surface area (Å²) in [5.74, 6) is -0.739. The Hall–Kier alpha value is -1.76. The van der Waals surface area contributed by atoms with Gasteiger partial charge in [0.2, 0.25) is 0 Å². The minimum atomic E-state index is -0.931. The number of cyclic esters (lactones) is 1. The summed E-state index contributed by atoms with van der Waals surface area (Å²) in [7, 11) is 0. The highest BCUT2D eigenvalue weighted by Gasteiger charge is 2.73. The SMILES string of the molecule is C[C@]12CCC3=C(COC3=O)[C@@H]1C[C@@H]1O[C@@]13C(=O)C(C(CO)CO)=CC=C32. The number of aliphatic hydroxyl groups excluding tert-OH is 2. The van der Waals surface area contributed by atoms with Gasteiger partial charge < -0.3 is 19.7 Å². The number of ketones is 1. The second-order valence-corrected chi connectivity index (χ2v) is 8.22. The van der Waals surface area contributed by atoms with Gasteiger partial charge >= 0.3 is 5.97 Å². The molecule has 138 valence electrons. The standard InChI is InChI=1S/C20H22O6/c1-19-5-4-12-13(9-25-18(12)24)14(19)6-16-20(26-16)15(19)3-2-11(17(20)23)10(7-21)8-22/h2-3,10,14,16,21-22H,4-9H2,1H3/t14-,16-,19-,20+/m0/s1. The van der Waals surface area contributed by atoms with E-state index in [2.05, 4.69) is 6.92 Å². The summed E-state index contributed by atoms with van der Waals surface area (Å²) in [4.78, 5) is 25.2. The van der Waals surface area contributed by atoms with Crippen molar-refractivity contribution in [3.8, 4) is 0 Å². The van der Waals surface area contributed by atoms with Gasteiger partial charge in [-0.1, -0.05) is 19.1 Å². The summed E-state index contributed by atoms with van der Waals surface area (Å²) in [5, 5.41) is 19.0. The molecule has 3 aliphatic carbocycles. The van der Waals surface area contributed by atoms with Crippen molar-refractivity contribution in [2.24, 2.45) is 17.3 Å². The molecule has 2 fully saturated rings. The van der Waals surface area contributed by atoms with Crippen LogP contribution < -0.4 is 0 Å². The zero-order valence-electron chi connectivity index (χ0n) is 14.7. The smallest absolute Gasteiger partial charge is 0.334 e. The van der Waals surface area contributed by atoms with E-state index in [1.54, 1.807) is 6.08 Å². The normalized spacial score (nSPS) is 40.3. The molecular weight excluding hydrogens is 336 g/mol. The van der Waals surface area contributed by atoms with Crippen LogP contribution >= 0.6 is 0 Å². The molecule has 0 aromatic rings. The van der Waals surface area contributed by atoms with E-state index in [9.17, 15) is 19.8 Å². The fourth-order valence-corrected chi connectivity index (χ4v) is 5.65. The first-order valence-electron chi connectivity index (χ1n) is 9.23. The number of epoxide rings is 1. The Kier molecular flexibility index (Phi) is 3.25. The van der Waals surface area contributed by atoms with Gasteiger partial charge in [-0.15, -0.1) is 0 Å². The van der Waals surface area contributed by atoms with E-state index in [4.69, 9.17) is 9.47 Å². The molecule has 2 N–H and O–H groups in total. The minimum absolute atomic E-state index is 0.119. The zero-order valence-corrected chi connectivity index (χ0v) is 14.7. The van der Waals surface area contributed by atoms with Crippen molar-refractivity contribution in [1.29, 1.82) is 0 Å². The van der Waals surface area contributed by atoms with Crippen LogP contribution in [0.4, 0.5) is 0 Å². The number of esters is 1. The quantitative estimate of drug-likeness (QED) is 0.573. The Bertz CT molecular complexity index is 816. The average Bonchev–Trinajstić information content (AvgIpc) is 3.23. The summed E-state index contributed by atoms with van der Waals surface area (Å²) in [5.41, 5.74) is 2.16. The number of hydrogen-bond donors (Lipinski definition) is 2. The number of rotatable bonds is 3. The highest BCUT2D eigenvalue weighted by atomic mass is 16.6. The van der Waals surface area contributed by atoms with Gasteiger partial charge in [-0.05, 0) is 41.7 Å². The summed E-state index contributed by atoms with van der Waals surface area (Å²) < 4.78 is 11.3. The number of carbonyl (C=O) groups is 2. The van der Waals surface area contributed by atoms with Gasteiger partial charge in [0.1, 0.15) is 12.7 Å². The summed E-state index contributed by atoms with van der Waals surface area (Å²) in [6.07, 6.45) is 5.65. The molecule has 0 amide bonds. The Labute approximate surface area is 151 Å². The maximum absolute atomic E-state index is 13.2. The number of hydrogen-bond acceptors (Lipinski definition) is 6. The van der Waals surface area contributed by atoms with Gasteiger partial charge in [-0.2, -0.15) is 0 Å². The van der Waals surface area contributed by atoms with Crippen LogP contribution in [0.2, 0.25) is 0 Å². The van der Waals surface area contributed by atoms with E-state index < -0.39 is 11.5 Å². The third-order valence-electron chi connectivity index (χ3n) is 7.18. The second kappa shape index (κ2) is 5.15. The molecule has 5 rings (SSSR count). The minimum Gasteiger partial charge on any atom is -0.458 e. The molecule has 5 aliphatic rings. The number of carbonyl (C=O) groups excluding carboxylic acids is 2. The van der Waals surface area contributed by atoms with Crippen molar-refractivity contribution in [2.75, 3.05) is 19.8 Å². The van der Waals surface area contributed by atoms with E-state index in [1.165, 1.54) is 0 Å². The molecule has 1 saturated heterocycles. The van der Waals surface area contributed by atoms with Crippen molar-refractivity contribution in [2.45, 2.75) is 37.9 Å². The highest BCUT2D eigenvalue weighted by molar-refractivity contribution is 6.09. The van der Waals surface area contributed by atoms with Gasteiger partial charge in [0, 0.05) is 17.1 Å². The number of ether oxygens (including phenoxy) is 2. The lowest BCUT2D eigenvalue weighted by molar-refractivity contribution is -0.136. The predicted molar refractivity (Wildman–Crippen MR) is 89.9 cm³/mol. The Morgan fingerprint density at radius 3 is 2.77 bits per heavy atom. The Balaban J connectivity index is 1.60. The third kappa shape index (κ3) is 1.77. The van der Waals surface area contributed by atoms with Crippen LogP contribution in [-0.2, 0) is 19.1 Å². The van der Waals surface area contributed by atoms with Crippen LogP contribution in [0.3, 0.4) is 0 Å². The summed E-state index contributed by atoms with van der Waals surface area (Å²) in [6.45, 7) is 1.98. The lowest BCUT2D eigenvalue weighted by Crippen LogP contribution is -2.50. The van der Waals surface area contributed by atoms with Crippen LogP contribution in [0.1, 0.15) is 26.2 Å². The lowest BCUT2D eigenvalue weighted by atomic mass is 9.52. The van der Waals surface area contributed by atoms with Crippen LogP contribution in [0, 0.1) is 17.3 Å². The first-order chi connectivity index (χ1) is 12.5. The topological polar surface area (TPSA) is 96.4 Å². The molecule has 2 aliphatic heterocycles.